The van der Waals surface area contributed by atoms with Crippen LogP contribution in [0.3, 0.4) is 0 Å². The first-order valence-electron chi connectivity index (χ1n) is 10.1. The Morgan fingerprint density at radius 2 is 1.52 bits per heavy atom. The zero-order valence-electron chi connectivity index (χ0n) is 18.6. The van der Waals surface area contributed by atoms with Crippen LogP contribution in [-0.2, 0) is 0 Å². The fourth-order valence-corrected chi connectivity index (χ4v) is 3.46. The highest BCUT2D eigenvalue weighted by atomic mass is 16.5. The maximum absolute atomic E-state index is 12.9. The molecule has 1 heterocycles. The first kappa shape index (κ1) is 22.0. The van der Waals surface area contributed by atoms with Crippen molar-refractivity contribution in [2.45, 2.75) is 6.92 Å². The van der Waals surface area contributed by atoms with E-state index >= 15 is 0 Å². The van der Waals surface area contributed by atoms with Gasteiger partial charge in [0, 0.05) is 11.1 Å². The number of methoxy groups -OCH3 is 3. The van der Waals surface area contributed by atoms with Gasteiger partial charge in [0.15, 0.2) is 5.76 Å². The van der Waals surface area contributed by atoms with Crippen LogP contribution < -0.4 is 23.7 Å². The van der Waals surface area contributed by atoms with Crippen molar-refractivity contribution in [1.29, 1.82) is 0 Å². The summed E-state index contributed by atoms with van der Waals surface area (Å²) in [6.07, 6.45) is 1.60. The van der Waals surface area contributed by atoms with E-state index in [-0.39, 0.29) is 11.5 Å². The summed E-state index contributed by atoms with van der Waals surface area (Å²) in [5.74, 6) is 1.83. The lowest BCUT2D eigenvalue weighted by atomic mass is 10.1. The van der Waals surface area contributed by atoms with Crippen LogP contribution >= 0.6 is 0 Å². The van der Waals surface area contributed by atoms with Crippen LogP contribution in [0.5, 0.6) is 28.7 Å². The minimum atomic E-state index is -0.526. The molecule has 0 fully saturated rings. The Morgan fingerprint density at radius 3 is 2.18 bits per heavy atom. The molecule has 0 radical (unpaired) electrons. The second-order valence-electron chi connectivity index (χ2n) is 7.23. The molecule has 1 aliphatic heterocycles. The Bertz CT molecular complexity index is 1260. The molecule has 168 valence electrons. The molecule has 0 saturated heterocycles. The summed E-state index contributed by atoms with van der Waals surface area (Å²) in [7, 11) is 4.66. The first-order valence-corrected chi connectivity index (χ1v) is 10.1. The number of esters is 1. The van der Waals surface area contributed by atoms with Gasteiger partial charge in [-0.15, -0.1) is 0 Å². The van der Waals surface area contributed by atoms with Crippen molar-refractivity contribution in [3.05, 3.63) is 82.6 Å². The highest BCUT2D eigenvalue weighted by Crippen LogP contribution is 2.40. The largest absolute Gasteiger partial charge is 0.497 e. The van der Waals surface area contributed by atoms with Gasteiger partial charge < -0.3 is 23.7 Å². The summed E-state index contributed by atoms with van der Waals surface area (Å²) in [5, 5.41) is 0. The van der Waals surface area contributed by atoms with Crippen molar-refractivity contribution in [2.75, 3.05) is 21.3 Å². The van der Waals surface area contributed by atoms with Crippen molar-refractivity contribution in [2.24, 2.45) is 0 Å². The van der Waals surface area contributed by atoms with Crippen LogP contribution in [0.25, 0.3) is 6.08 Å². The normalized spacial score (nSPS) is 13.3. The molecule has 0 spiro atoms. The molecule has 0 aliphatic carbocycles. The van der Waals surface area contributed by atoms with E-state index in [0.717, 1.165) is 0 Å². The Kier molecular flexibility index (Phi) is 6.04. The number of allylic oxidation sites excluding steroid dienone is 1. The van der Waals surface area contributed by atoms with Crippen LogP contribution in [0, 0.1) is 6.92 Å². The van der Waals surface area contributed by atoms with Gasteiger partial charge in [0.1, 0.15) is 28.7 Å². The zero-order chi connectivity index (χ0) is 23.5. The number of hydrogen-bond acceptors (Lipinski definition) is 7. The van der Waals surface area contributed by atoms with Gasteiger partial charge >= 0.3 is 5.97 Å². The number of ether oxygens (including phenoxy) is 5. The van der Waals surface area contributed by atoms with Crippen molar-refractivity contribution >= 4 is 17.8 Å². The Morgan fingerprint density at radius 1 is 0.848 bits per heavy atom. The van der Waals surface area contributed by atoms with Crippen LogP contribution in [0.2, 0.25) is 0 Å². The molecule has 0 unspecified atom stereocenters. The van der Waals surface area contributed by atoms with Crippen molar-refractivity contribution in [3.63, 3.8) is 0 Å². The Hall–Kier alpha value is -4.26. The smallest absolute Gasteiger partial charge is 0.343 e. The molecule has 0 bridgehead atoms. The van der Waals surface area contributed by atoms with Crippen LogP contribution in [0.1, 0.15) is 31.8 Å². The summed E-state index contributed by atoms with van der Waals surface area (Å²) >= 11 is 0. The molecule has 3 aromatic rings. The number of fused-ring (bicyclic) bond motifs is 1. The molecule has 4 rings (SSSR count). The second-order valence-corrected chi connectivity index (χ2v) is 7.23. The Labute approximate surface area is 191 Å². The van der Waals surface area contributed by atoms with E-state index in [1.807, 2.05) is 0 Å². The van der Waals surface area contributed by atoms with E-state index in [1.54, 1.807) is 88.9 Å². The number of benzene rings is 3. The number of rotatable bonds is 6. The molecule has 0 saturated carbocycles. The average Bonchev–Trinajstić information content (AvgIpc) is 3.16. The quantitative estimate of drug-likeness (QED) is 0.304. The van der Waals surface area contributed by atoms with Crippen LogP contribution in [-0.4, -0.2) is 33.1 Å². The van der Waals surface area contributed by atoms with E-state index in [9.17, 15) is 9.59 Å². The van der Waals surface area contributed by atoms with Gasteiger partial charge in [0.2, 0.25) is 5.78 Å². The monoisotopic (exact) mass is 446 g/mol. The molecular weight excluding hydrogens is 424 g/mol. The zero-order valence-corrected chi connectivity index (χ0v) is 18.6. The summed E-state index contributed by atoms with van der Waals surface area (Å²) in [6, 6.07) is 15.0. The average molecular weight is 446 g/mol. The summed E-state index contributed by atoms with van der Waals surface area (Å²) < 4.78 is 27.2. The lowest BCUT2D eigenvalue weighted by Gasteiger charge is -2.10. The standard InChI is InChI=1S/C26H22O7/c1-15-21(33-26(28)16-5-7-18(29-2)8-6-16)12-10-20-24(27)23(32-25(15)20)14-17-13-19(30-3)9-11-22(17)31-4/h5-14H,1-4H3/b23-14-. The van der Waals surface area contributed by atoms with Gasteiger partial charge in [0.05, 0.1) is 32.5 Å². The van der Waals surface area contributed by atoms with Gasteiger partial charge in [-0.25, -0.2) is 4.79 Å². The van der Waals surface area contributed by atoms with E-state index in [0.29, 0.717) is 51.0 Å². The number of Topliss-reactive ketones (excluding diaryl/α,β-unsaturated/α-hetero) is 1. The van der Waals surface area contributed by atoms with Crippen molar-refractivity contribution in [3.8, 4) is 28.7 Å². The summed E-state index contributed by atoms with van der Waals surface area (Å²) in [4.78, 5) is 25.5. The van der Waals surface area contributed by atoms with E-state index in [1.165, 1.54) is 0 Å². The molecule has 7 nitrogen and oxygen atoms in total. The van der Waals surface area contributed by atoms with Gasteiger partial charge in [-0.2, -0.15) is 0 Å². The minimum absolute atomic E-state index is 0.137. The third-order valence-electron chi connectivity index (χ3n) is 5.29. The number of carbonyl (C=O) groups excluding carboxylic acids is 2. The molecule has 0 aromatic heterocycles. The number of carbonyl (C=O) groups is 2. The lowest BCUT2D eigenvalue weighted by molar-refractivity contribution is 0.0733. The molecule has 0 atom stereocenters. The molecule has 3 aromatic carbocycles. The lowest BCUT2D eigenvalue weighted by Crippen LogP contribution is -2.09. The number of hydrogen-bond donors (Lipinski definition) is 0. The topological polar surface area (TPSA) is 80.3 Å². The van der Waals surface area contributed by atoms with E-state index < -0.39 is 5.97 Å². The fraction of sp³-hybridized carbons (Fsp3) is 0.154. The highest BCUT2D eigenvalue weighted by Gasteiger charge is 2.31. The van der Waals surface area contributed by atoms with E-state index in [2.05, 4.69) is 0 Å². The maximum atomic E-state index is 12.9. The molecule has 0 N–H and O–H groups in total. The third-order valence-corrected chi connectivity index (χ3v) is 5.29. The Balaban J connectivity index is 1.61. The van der Waals surface area contributed by atoms with Gasteiger partial charge in [-0.05, 0) is 67.6 Å². The fourth-order valence-electron chi connectivity index (χ4n) is 3.46. The highest BCUT2D eigenvalue weighted by molar-refractivity contribution is 6.15. The second kappa shape index (κ2) is 9.08. The van der Waals surface area contributed by atoms with Crippen molar-refractivity contribution in [1.82, 2.24) is 0 Å². The summed E-state index contributed by atoms with van der Waals surface area (Å²) in [6.45, 7) is 1.73. The van der Waals surface area contributed by atoms with Crippen molar-refractivity contribution < 1.29 is 33.3 Å². The van der Waals surface area contributed by atoms with Crippen LogP contribution in [0.4, 0.5) is 0 Å². The molecule has 0 amide bonds. The number of ketones is 1. The molecule has 7 heteroatoms. The van der Waals surface area contributed by atoms with Gasteiger partial charge in [0.25, 0.3) is 0 Å². The molecule has 33 heavy (non-hydrogen) atoms. The summed E-state index contributed by atoms with van der Waals surface area (Å²) in [5.41, 5.74) is 1.95. The van der Waals surface area contributed by atoms with Gasteiger partial charge in [-0.1, -0.05) is 0 Å². The predicted octanol–water partition coefficient (Wildman–Crippen LogP) is 4.86. The van der Waals surface area contributed by atoms with Crippen LogP contribution in [0.15, 0.2) is 60.4 Å². The first-order chi connectivity index (χ1) is 15.9. The SMILES string of the molecule is COc1ccc(C(=O)Oc2ccc3c(c2C)O/C(=C\c2cc(OC)ccc2OC)C3=O)cc1. The third kappa shape index (κ3) is 4.25. The maximum Gasteiger partial charge on any atom is 0.343 e. The van der Waals surface area contributed by atoms with Gasteiger partial charge in [-0.3, -0.25) is 4.79 Å². The minimum Gasteiger partial charge on any atom is -0.497 e. The van der Waals surface area contributed by atoms with E-state index in [4.69, 9.17) is 23.7 Å². The molecule has 1 aliphatic rings. The predicted molar refractivity (Wildman–Crippen MR) is 122 cm³/mol. The molecular formula is C26H22O7.